The molecule has 7 heteroatoms. The van der Waals surface area contributed by atoms with Crippen LogP contribution in [0.1, 0.15) is 5.56 Å². The van der Waals surface area contributed by atoms with Crippen molar-refractivity contribution >= 4 is 40.7 Å². The number of carbonyl (C=O) groups is 2. The summed E-state index contributed by atoms with van der Waals surface area (Å²) in [5.41, 5.74) is 1.53. The monoisotopic (exact) mass is 392 g/mol. The van der Waals surface area contributed by atoms with Gasteiger partial charge in [0.25, 0.3) is 0 Å². The normalized spacial score (nSPS) is 15.6. The van der Waals surface area contributed by atoms with Crippen molar-refractivity contribution in [3.63, 3.8) is 0 Å². The molecule has 0 fully saturated rings. The Bertz CT molecular complexity index is 841. The third kappa shape index (κ3) is 4.29. The minimum Gasteiger partial charge on any atom is -0.492 e. The average Bonchev–Trinajstić information content (AvgIpc) is 2.63. The van der Waals surface area contributed by atoms with Crippen LogP contribution in [0, 0.1) is 5.92 Å². The number of likely N-dealkylation sites (N-methyl/N-ethyl adjacent to an activating group) is 1. The number of hydrogen-bond donors (Lipinski definition) is 1. The fourth-order valence-electron chi connectivity index (χ4n) is 2.87. The van der Waals surface area contributed by atoms with Gasteiger partial charge in [-0.3, -0.25) is 9.59 Å². The van der Waals surface area contributed by atoms with Crippen LogP contribution >= 0.6 is 23.2 Å². The Morgan fingerprint density at radius 1 is 1.19 bits per heavy atom. The molecule has 3 rings (SSSR count). The Morgan fingerprint density at radius 3 is 2.73 bits per heavy atom. The molecule has 0 radical (unpaired) electrons. The molecule has 0 aliphatic carbocycles. The van der Waals surface area contributed by atoms with Crippen LogP contribution in [-0.4, -0.2) is 36.9 Å². The van der Waals surface area contributed by atoms with E-state index in [1.54, 1.807) is 25.2 Å². The van der Waals surface area contributed by atoms with Gasteiger partial charge in [0.15, 0.2) is 0 Å². The second kappa shape index (κ2) is 7.98. The Kier molecular flexibility index (Phi) is 5.69. The summed E-state index contributed by atoms with van der Waals surface area (Å²) >= 11 is 11.8. The maximum Gasteiger partial charge on any atom is 0.243 e. The molecule has 2 amide bonds. The van der Waals surface area contributed by atoms with Crippen LogP contribution in [0.4, 0.5) is 5.69 Å². The van der Waals surface area contributed by atoms with Crippen molar-refractivity contribution in [3.05, 3.63) is 58.1 Å². The number of nitrogens with zero attached hydrogens (tertiary/aromatic N) is 1. The SMILES string of the molecule is CN(CC(=O)Nc1ccc(Cl)c(Cl)c1)C(=O)C1COc2ccccc2C1. The largest absolute Gasteiger partial charge is 0.492 e. The second-order valence-corrected chi connectivity index (χ2v) is 7.01. The van der Waals surface area contributed by atoms with Crippen molar-refractivity contribution < 1.29 is 14.3 Å². The van der Waals surface area contributed by atoms with Gasteiger partial charge in [-0.25, -0.2) is 0 Å². The highest BCUT2D eigenvalue weighted by Gasteiger charge is 2.28. The van der Waals surface area contributed by atoms with Crippen LogP contribution in [-0.2, 0) is 16.0 Å². The Balaban J connectivity index is 1.57. The third-order valence-electron chi connectivity index (χ3n) is 4.19. The lowest BCUT2D eigenvalue weighted by atomic mass is 9.95. The fourth-order valence-corrected chi connectivity index (χ4v) is 3.16. The van der Waals surface area contributed by atoms with Crippen molar-refractivity contribution in [1.29, 1.82) is 0 Å². The van der Waals surface area contributed by atoms with Crippen molar-refractivity contribution in [2.24, 2.45) is 5.92 Å². The second-order valence-electron chi connectivity index (χ2n) is 6.19. The van der Waals surface area contributed by atoms with E-state index in [1.165, 1.54) is 4.90 Å². The lowest BCUT2D eigenvalue weighted by Gasteiger charge is -2.28. The molecule has 0 saturated heterocycles. The first-order valence-corrected chi connectivity index (χ1v) is 8.90. The molecule has 136 valence electrons. The molecule has 1 N–H and O–H groups in total. The predicted molar refractivity (Wildman–Crippen MR) is 102 cm³/mol. The van der Waals surface area contributed by atoms with Gasteiger partial charge >= 0.3 is 0 Å². The number of amides is 2. The Morgan fingerprint density at radius 2 is 1.96 bits per heavy atom. The van der Waals surface area contributed by atoms with Gasteiger partial charge in [0.1, 0.15) is 12.4 Å². The molecule has 1 heterocycles. The molecular formula is C19H18Cl2N2O3. The zero-order valence-corrected chi connectivity index (χ0v) is 15.7. The first kappa shape index (κ1) is 18.5. The Labute approximate surface area is 161 Å². The molecule has 0 saturated carbocycles. The molecule has 1 aliphatic heterocycles. The summed E-state index contributed by atoms with van der Waals surface area (Å²) in [6, 6.07) is 12.5. The Hall–Kier alpha value is -2.24. The topological polar surface area (TPSA) is 58.6 Å². The van der Waals surface area contributed by atoms with Crippen LogP contribution in [0.5, 0.6) is 5.75 Å². The number of anilines is 1. The van der Waals surface area contributed by atoms with Gasteiger partial charge in [0.2, 0.25) is 11.8 Å². The first-order chi connectivity index (χ1) is 12.4. The van der Waals surface area contributed by atoms with Crippen LogP contribution < -0.4 is 10.1 Å². The molecular weight excluding hydrogens is 375 g/mol. The van der Waals surface area contributed by atoms with Crippen molar-refractivity contribution in [2.45, 2.75) is 6.42 Å². The summed E-state index contributed by atoms with van der Waals surface area (Å²) in [4.78, 5) is 26.2. The zero-order valence-electron chi connectivity index (χ0n) is 14.2. The van der Waals surface area contributed by atoms with Crippen LogP contribution in [0.25, 0.3) is 0 Å². The number of ether oxygens (including phenoxy) is 1. The number of hydrogen-bond acceptors (Lipinski definition) is 3. The third-order valence-corrected chi connectivity index (χ3v) is 4.93. The first-order valence-electron chi connectivity index (χ1n) is 8.14. The zero-order chi connectivity index (χ0) is 18.7. The van der Waals surface area contributed by atoms with E-state index < -0.39 is 0 Å². The van der Waals surface area contributed by atoms with Gasteiger partial charge in [-0.05, 0) is 36.2 Å². The van der Waals surface area contributed by atoms with Crippen LogP contribution in [0.3, 0.4) is 0 Å². The molecule has 1 atom stereocenters. The number of rotatable bonds is 4. The van der Waals surface area contributed by atoms with Crippen molar-refractivity contribution in [1.82, 2.24) is 4.90 Å². The van der Waals surface area contributed by atoms with Gasteiger partial charge in [-0.1, -0.05) is 41.4 Å². The van der Waals surface area contributed by atoms with Gasteiger partial charge < -0.3 is 15.0 Å². The summed E-state index contributed by atoms with van der Waals surface area (Å²) < 4.78 is 5.66. The average molecular weight is 393 g/mol. The maximum atomic E-state index is 12.6. The number of halogens is 2. The molecule has 26 heavy (non-hydrogen) atoms. The quantitative estimate of drug-likeness (QED) is 0.863. The molecule has 2 aromatic rings. The lowest BCUT2D eigenvalue weighted by Crippen LogP contribution is -2.42. The summed E-state index contributed by atoms with van der Waals surface area (Å²) in [6.07, 6.45) is 0.605. The van der Waals surface area contributed by atoms with Crippen LogP contribution in [0.15, 0.2) is 42.5 Å². The van der Waals surface area contributed by atoms with Gasteiger partial charge in [0, 0.05) is 12.7 Å². The van der Waals surface area contributed by atoms with E-state index in [4.69, 9.17) is 27.9 Å². The summed E-state index contributed by atoms with van der Waals surface area (Å²) in [6.45, 7) is 0.256. The van der Waals surface area contributed by atoms with E-state index in [2.05, 4.69) is 5.32 Å². The van der Waals surface area contributed by atoms with E-state index in [1.807, 2.05) is 24.3 Å². The summed E-state index contributed by atoms with van der Waals surface area (Å²) in [7, 11) is 1.61. The number of fused-ring (bicyclic) bond motifs is 1. The van der Waals surface area contributed by atoms with Gasteiger partial charge in [0.05, 0.1) is 22.5 Å². The maximum absolute atomic E-state index is 12.6. The van der Waals surface area contributed by atoms with E-state index in [9.17, 15) is 9.59 Å². The van der Waals surface area contributed by atoms with Crippen molar-refractivity contribution in [3.8, 4) is 5.75 Å². The smallest absolute Gasteiger partial charge is 0.243 e. The minimum atomic E-state index is -0.309. The number of benzene rings is 2. The van der Waals surface area contributed by atoms with E-state index >= 15 is 0 Å². The van der Waals surface area contributed by atoms with Gasteiger partial charge in [-0.2, -0.15) is 0 Å². The van der Waals surface area contributed by atoms with E-state index in [0.29, 0.717) is 28.8 Å². The summed E-state index contributed by atoms with van der Waals surface area (Å²) in [5.74, 6) is 0.0874. The van der Waals surface area contributed by atoms with E-state index in [-0.39, 0.29) is 24.3 Å². The highest BCUT2D eigenvalue weighted by Crippen LogP contribution is 2.28. The minimum absolute atomic E-state index is 0.0583. The van der Waals surface area contributed by atoms with Crippen LogP contribution in [0.2, 0.25) is 10.0 Å². The molecule has 0 aromatic heterocycles. The lowest BCUT2D eigenvalue weighted by molar-refractivity contribution is -0.138. The highest BCUT2D eigenvalue weighted by atomic mass is 35.5. The van der Waals surface area contributed by atoms with E-state index in [0.717, 1.165) is 11.3 Å². The fraction of sp³-hybridized carbons (Fsp3) is 0.263. The molecule has 1 aliphatic rings. The molecule has 2 aromatic carbocycles. The summed E-state index contributed by atoms with van der Waals surface area (Å²) in [5, 5.41) is 3.47. The molecule has 5 nitrogen and oxygen atoms in total. The van der Waals surface area contributed by atoms with Crippen molar-refractivity contribution in [2.75, 3.05) is 25.5 Å². The number of nitrogens with one attached hydrogen (secondary N) is 1. The molecule has 0 spiro atoms. The number of carbonyl (C=O) groups excluding carboxylic acids is 2. The number of para-hydroxylation sites is 1. The highest BCUT2D eigenvalue weighted by molar-refractivity contribution is 6.42. The van der Waals surface area contributed by atoms with Gasteiger partial charge in [-0.15, -0.1) is 0 Å². The molecule has 1 unspecified atom stereocenters. The molecule has 0 bridgehead atoms. The standard InChI is InChI=1S/C19H18Cl2N2O3/c1-23(10-18(24)22-14-6-7-15(20)16(21)9-14)19(25)13-8-12-4-2-3-5-17(12)26-11-13/h2-7,9,13H,8,10-11H2,1H3,(H,22,24). The predicted octanol–water partition coefficient (Wildman–Crippen LogP) is 3.64.